The van der Waals surface area contributed by atoms with E-state index >= 15 is 0 Å². The summed E-state index contributed by atoms with van der Waals surface area (Å²) in [7, 11) is 3.78. The second-order valence-corrected chi connectivity index (χ2v) is 5.23. The molecule has 0 heterocycles. The van der Waals surface area contributed by atoms with E-state index in [1.54, 1.807) is 7.11 Å². The molecule has 0 aliphatic rings. The van der Waals surface area contributed by atoms with E-state index in [1.807, 2.05) is 6.07 Å². The smallest absolute Gasteiger partial charge is 0.123 e. The standard InChI is InChI=1S/C18H24N2O/c1-4-14-5-8-17(9-6-14)20(2)13-15-7-10-18(21-3)16(11-15)12-19/h5-11H,4,12-13,19H2,1-3H3. The predicted molar refractivity (Wildman–Crippen MR) is 88.8 cm³/mol. The van der Waals surface area contributed by atoms with Crippen LogP contribution in [0.25, 0.3) is 0 Å². The third-order valence-electron chi connectivity index (χ3n) is 3.77. The van der Waals surface area contributed by atoms with E-state index in [4.69, 9.17) is 10.5 Å². The fourth-order valence-electron chi connectivity index (χ4n) is 2.44. The van der Waals surface area contributed by atoms with Gasteiger partial charge in [-0.15, -0.1) is 0 Å². The largest absolute Gasteiger partial charge is 0.496 e. The van der Waals surface area contributed by atoms with Gasteiger partial charge in [0, 0.05) is 31.4 Å². The van der Waals surface area contributed by atoms with Gasteiger partial charge in [0.2, 0.25) is 0 Å². The Morgan fingerprint density at radius 1 is 1.05 bits per heavy atom. The van der Waals surface area contributed by atoms with E-state index in [1.165, 1.54) is 16.8 Å². The average molecular weight is 284 g/mol. The highest BCUT2D eigenvalue weighted by molar-refractivity contribution is 5.48. The van der Waals surface area contributed by atoms with Crippen LogP contribution in [0.3, 0.4) is 0 Å². The fraction of sp³-hybridized carbons (Fsp3) is 0.333. The van der Waals surface area contributed by atoms with Crippen LogP contribution >= 0.6 is 0 Å². The molecule has 0 bridgehead atoms. The number of aryl methyl sites for hydroxylation is 1. The zero-order valence-corrected chi connectivity index (χ0v) is 13.1. The molecule has 0 amide bonds. The van der Waals surface area contributed by atoms with E-state index in [2.05, 4.69) is 55.3 Å². The number of nitrogens with two attached hydrogens (primary N) is 1. The number of hydrogen-bond donors (Lipinski definition) is 1. The molecule has 0 radical (unpaired) electrons. The summed E-state index contributed by atoms with van der Waals surface area (Å²) in [6, 6.07) is 14.9. The summed E-state index contributed by atoms with van der Waals surface area (Å²) in [5.74, 6) is 0.858. The molecule has 2 N–H and O–H groups in total. The Kier molecular flexibility index (Phi) is 5.23. The average Bonchev–Trinajstić information content (AvgIpc) is 2.54. The van der Waals surface area contributed by atoms with Crippen LogP contribution < -0.4 is 15.4 Å². The number of ether oxygens (including phenoxy) is 1. The third-order valence-corrected chi connectivity index (χ3v) is 3.77. The van der Waals surface area contributed by atoms with Crippen molar-refractivity contribution in [2.24, 2.45) is 5.73 Å². The van der Waals surface area contributed by atoms with Gasteiger partial charge in [-0.1, -0.05) is 25.1 Å². The van der Waals surface area contributed by atoms with Crippen LogP contribution in [0.2, 0.25) is 0 Å². The van der Waals surface area contributed by atoms with Crippen molar-refractivity contribution in [1.82, 2.24) is 0 Å². The van der Waals surface area contributed by atoms with Crippen molar-refractivity contribution in [2.75, 3.05) is 19.1 Å². The highest BCUT2D eigenvalue weighted by atomic mass is 16.5. The SMILES string of the molecule is CCc1ccc(N(C)Cc2ccc(OC)c(CN)c2)cc1. The number of anilines is 1. The van der Waals surface area contributed by atoms with Crippen molar-refractivity contribution in [3.8, 4) is 5.75 Å². The lowest BCUT2D eigenvalue weighted by molar-refractivity contribution is 0.409. The second-order valence-electron chi connectivity index (χ2n) is 5.23. The molecule has 3 heteroatoms. The summed E-state index contributed by atoms with van der Waals surface area (Å²) in [4.78, 5) is 2.24. The van der Waals surface area contributed by atoms with Gasteiger partial charge in [0.1, 0.15) is 5.75 Å². The van der Waals surface area contributed by atoms with E-state index in [0.717, 1.165) is 24.3 Å². The summed E-state index contributed by atoms with van der Waals surface area (Å²) in [5.41, 5.74) is 10.6. The normalized spacial score (nSPS) is 10.5. The van der Waals surface area contributed by atoms with E-state index < -0.39 is 0 Å². The summed E-state index contributed by atoms with van der Waals surface area (Å²) < 4.78 is 5.31. The quantitative estimate of drug-likeness (QED) is 0.884. The minimum Gasteiger partial charge on any atom is -0.496 e. The molecule has 21 heavy (non-hydrogen) atoms. The molecule has 2 aromatic carbocycles. The van der Waals surface area contributed by atoms with Crippen molar-refractivity contribution < 1.29 is 4.74 Å². The first-order valence-electron chi connectivity index (χ1n) is 7.33. The first-order chi connectivity index (χ1) is 10.2. The molecule has 0 fully saturated rings. The maximum atomic E-state index is 5.78. The van der Waals surface area contributed by atoms with Crippen LogP contribution in [0.1, 0.15) is 23.6 Å². The highest BCUT2D eigenvalue weighted by Crippen LogP contribution is 2.22. The summed E-state index contributed by atoms with van der Waals surface area (Å²) >= 11 is 0. The predicted octanol–water partition coefficient (Wildman–Crippen LogP) is 3.35. The molecule has 0 spiro atoms. The molecule has 0 atom stereocenters. The lowest BCUT2D eigenvalue weighted by atomic mass is 10.1. The van der Waals surface area contributed by atoms with E-state index in [9.17, 15) is 0 Å². The number of hydrogen-bond acceptors (Lipinski definition) is 3. The number of rotatable bonds is 6. The molecule has 0 aliphatic carbocycles. The van der Waals surface area contributed by atoms with Crippen molar-refractivity contribution in [3.63, 3.8) is 0 Å². The molecular weight excluding hydrogens is 260 g/mol. The topological polar surface area (TPSA) is 38.5 Å². The molecule has 0 unspecified atom stereocenters. The Bertz CT molecular complexity index is 578. The van der Waals surface area contributed by atoms with Gasteiger partial charge in [0.05, 0.1) is 7.11 Å². The minimum atomic E-state index is 0.492. The third kappa shape index (κ3) is 3.76. The van der Waals surface area contributed by atoms with Crippen molar-refractivity contribution in [1.29, 1.82) is 0 Å². The molecule has 112 valence electrons. The van der Waals surface area contributed by atoms with Gasteiger partial charge in [-0.25, -0.2) is 0 Å². The first kappa shape index (κ1) is 15.4. The van der Waals surface area contributed by atoms with Crippen LogP contribution in [0, 0.1) is 0 Å². The van der Waals surface area contributed by atoms with Crippen molar-refractivity contribution >= 4 is 5.69 Å². The van der Waals surface area contributed by atoms with E-state index in [0.29, 0.717) is 6.54 Å². The maximum Gasteiger partial charge on any atom is 0.123 e. The Balaban J connectivity index is 2.12. The van der Waals surface area contributed by atoms with Crippen LogP contribution in [-0.4, -0.2) is 14.2 Å². The lowest BCUT2D eigenvalue weighted by Crippen LogP contribution is -2.16. The van der Waals surface area contributed by atoms with Crippen LogP contribution in [0.5, 0.6) is 5.75 Å². The molecule has 0 aromatic heterocycles. The van der Waals surface area contributed by atoms with Gasteiger partial charge in [0.25, 0.3) is 0 Å². The Hall–Kier alpha value is -2.00. The number of nitrogens with zero attached hydrogens (tertiary/aromatic N) is 1. The first-order valence-corrected chi connectivity index (χ1v) is 7.33. The maximum absolute atomic E-state index is 5.78. The Morgan fingerprint density at radius 3 is 2.29 bits per heavy atom. The minimum absolute atomic E-state index is 0.492. The second kappa shape index (κ2) is 7.14. The van der Waals surface area contributed by atoms with Crippen molar-refractivity contribution in [2.45, 2.75) is 26.4 Å². The van der Waals surface area contributed by atoms with Gasteiger partial charge in [-0.3, -0.25) is 0 Å². The summed E-state index contributed by atoms with van der Waals surface area (Å²) in [5, 5.41) is 0. The summed E-state index contributed by atoms with van der Waals surface area (Å²) in [6.07, 6.45) is 1.07. The van der Waals surface area contributed by atoms with Gasteiger partial charge < -0.3 is 15.4 Å². The van der Waals surface area contributed by atoms with Crippen LogP contribution in [0.4, 0.5) is 5.69 Å². The number of benzene rings is 2. The Morgan fingerprint density at radius 2 is 1.71 bits per heavy atom. The zero-order chi connectivity index (χ0) is 15.2. The van der Waals surface area contributed by atoms with Crippen LogP contribution in [-0.2, 0) is 19.5 Å². The Labute approximate surface area is 127 Å². The monoisotopic (exact) mass is 284 g/mol. The number of methoxy groups -OCH3 is 1. The van der Waals surface area contributed by atoms with Gasteiger partial charge in [-0.2, -0.15) is 0 Å². The molecule has 0 aliphatic heterocycles. The van der Waals surface area contributed by atoms with E-state index in [-0.39, 0.29) is 0 Å². The van der Waals surface area contributed by atoms with Gasteiger partial charge in [0.15, 0.2) is 0 Å². The highest BCUT2D eigenvalue weighted by Gasteiger charge is 2.06. The van der Waals surface area contributed by atoms with Gasteiger partial charge in [-0.05, 0) is 41.8 Å². The molecule has 0 saturated heterocycles. The molecular formula is C18H24N2O. The zero-order valence-electron chi connectivity index (χ0n) is 13.1. The fourth-order valence-corrected chi connectivity index (χ4v) is 2.44. The molecule has 3 nitrogen and oxygen atoms in total. The molecule has 0 saturated carbocycles. The van der Waals surface area contributed by atoms with Gasteiger partial charge >= 0.3 is 0 Å². The molecule has 2 rings (SSSR count). The van der Waals surface area contributed by atoms with Crippen molar-refractivity contribution in [3.05, 3.63) is 59.2 Å². The molecule has 2 aromatic rings. The van der Waals surface area contributed by atoms with Crippen LogP contribution in [0.15, 0.2) is 42.5 Å². The summed E-state index contributed by atoms with van der Waals surface area (Å²) in [6.45, 7) is 3.51. The lowest BCUT2D eigenvalue weighted by Gasteiger charge is -2.20.